The number of carbonyl (C=O) groups excluding carboxylic acids is 1. The fourth-order valence-electron chi connectivity index (χ4n) is 3.58. The van der Waals surface area contributed by atoms with Gasteiger partial charge in [0.2, 0.25) is 0 Å². The molecule has 116 valence electrons. The van der Waals surface area contributed by atoms with E-state index in [1.807, 2.05) is 6.07 Å². The smallest absolute Gasteiger partial charge is 0.251 e. The number of aromatic amines is 1. The van der Waals surface area contributed by atoms with Crippen LogP contribution < -0.4 is 5.32 Å². The molecule has 2 heterocycles. The SMILES string of the molecule is O=C(NCCN1CCC1)c1ccc2[nH]c3c(c2c1)CCCC3. The Morgan fingerprint density at radius 3 is 2.86 bits per heavy atom. The number of hydrogen-bond donors (Lipinski definition) is 2. The van der Waals surface area contributed by atoms with E-state index in [0.717, 1.165) is 31.5 Å². The molecule has 4 heteroatoms. The van der Waals surface area contributed by atoms with Crippen LogP contribution in [-0.4, -0.2) is 42.0 Å². The molecule has 2 aromatic rings. The third-order valence-electron chi connectivity index (χ3n) is 5.02. The Balaban J connectivity index is 1.49. The van der Waals surface area contributed by atoms with Gasteiger partial charge in [0.05, 0.1) is 0 Å². The van der Waals surface area contributed by atoms with Crippen LogP contribution in [-0.2, 0) is 12.8 Å². The second-order valence-electron chi connectivity index (χ2n) is 6.50. The molecule has 1 aliphatic heterocycles. The molecule has 0 bridgehead atoms. The van der Waals surface area contributed by atoms with Crippen molar-refractivity contribution in [2.75, 3.05) is 26.2 Å². The van der Waals surface area contributed by atoms with Gasteiger partial charge in [-0.3, -0.25) is 4.79 Å². The summed E-state index contributed by atoms with van der Waals surface area (Å²) in [7, 11) is 0. The van der Waals surface area contributed by atoms with Crippen LogP contribution in [0.4, 0.5) is 0 Å². The number of amides is 1. The van der Waals surface area contributed by atoms with Crippen molar-refractivity contribution in [2.45, 2.75) is 32.1 Å². The first-order valence-corrected chi connectivity index (χ1v) is 8.45. The summed E-state index contributed by atoms with van der Waals surface area (Å²) in [4.78, 5) is 18.2. The van der Waals surface area contributed by atoms with Gasteiger partial charge in [0.25, 0.3) is 5.91 Å². The van der Waals surface area contributed by atoms with E-state index >= 15 is 0 Å². The van der Waals surface area contributed by atoms with Crippen LogP contribution in [0.3, 0.4) is 0 Å². The largest absolute Gasteiger partial charge is 0.358 e. The van der Waals surface area contributed by atoms with Crippen LogP contribution in [0.15, 0.2) is 18.2 Å². The van der Waals surface area contributed by atoms with Crippen LogP contribution in [0.1, 0.15) is 40.9 Å². The van der Waals surface area contributed by atoms with Crippen molar-refractivity contribution in [3.63, 3.8) is 0 Å². The molecule has 1 fully saturated rings. The molecule has 4 nitrogen and oxygen atoms in total. The van der Waals surface area contributed by atoms with Crippen LogP contribution in [0, 0.1) is 0 Å². The minimum atomic E-state index is 0.0492. The zero-order chi connectivity index (χ0) is 14.9. The molecule has 1 saturated heterocycles. The molecule has 22 heavy (non-hydrogen) atoms. The molecule has 1 aromatic heterocycles. The van der Waals surface area contributed by atoms with Crippen molar-refractivity contribution in [3.05, 3.63) is 35.0 Å². The lowest BCUT2D eigenvalue weighted by Gasteiger charge is -2.30. The molecule has 1 amide bonds. The monoisotopic (exact) mass is 297 g/mol. The van der Waals surface area contributed by atoms with Crippen molar-refractivity contribution in [1.29, 1.82) is 0 Å². The van der Waals surface area contributed by atoms with Crippen LogP contribution in [0.2, 0.25) is 0 Å². The Bertz CT molecular complexity index is 700. The molecule has 0 saturated carbocycles. The van der Waals surface area contributed by atoms with E-state index in [9.17, 15) is 4.79 Å². The van der Waals surface area contributed by atoms with Gasteiger partial charge >= 0.3 is 0 Å². The summed E-state index contributed by atoms with van der Waals surface area (Å²) in [5.74, 6) is 0.0492. The summed E-state index contributed by atoms with van der Waals surface area (Å²) >= 11 is 0. The minimum absolute atomic E-state index is 0.0492. The number of aryl methyl sites for hydroxylation is 2. The molecule has 1 aliphatic carbocycles. The molecule has 0 spiro atoms. The van der Waals surface area contributed by atoms with Gasteiger partial charge in [-0.25, -0.2) is 0 Å². The topological polar surface area (TPSA) is 48.1 Å². The lowest BCUT2D eigenvalue weighted by Crippen LogP contribution is -2.42. The highest BCUT2D eigenvalue weighted by atomic mass is 16.1. The Morgan fingerprint density at radius 1 is 1.18 bits per heavy atom. The van der Waals surface area contributed by atoms with E-state index < -0.39 is 0 Å². The molecule has 4 rings (SSSR count). The van der Waals surface area contributed by atoms with Crippen molar-refractivity contribution in [2.24, 2.45) is 0 Å². The van der Waals surface area contributed by atoms with E-state index in [-0.39, 0.29) is 5.91 Å². The third kappa shape index (κ3) is 2.52. The van der Waals surface area contributed by atoms with Crippen molar-refractivity contribution in [3.8, 4) is 0 Å². The van der Waals surface area contributed by atoms with E-state index in [2.05, 4.69) is 27.3 Å². The maximum absolute atomic E-state index is 12.3. The molecular formula is C18H23N3O. The molecule has 1 aromatic carbocycles. The average molecular weight is 297 g/mol. The fourth-order valence-corrected chi connectivity index (χ4v) is 3.58. The third-order valence-corrected chi connectivity index (χ3v) is 5.02. The zero-order valence-corrected chi connectivity index (χ0v) is 13.0. The number of aromatic nitrogens is 1. The molecular weight excluding hydrogens is 274 g/mol. The van der Waals surface area contributed by atoms with Crippen molar-refractivity contribution >= 4 is 16.8 Å². The number of hydrogen-bond acceptors (Lipinski definition) is 2. The first kappa shape index (κ1) is 13.8. The van der Waals surface area contributed by atoms with Gasteiger partial charge in [-0.15, -0.1) is 0 Å². The first-order valence-electron chi connectivity index (χ1n) is 8.45. The van der Waals surface area contributed by atoms with E-state index in [0.29, 0.717) is 0 Å². The van der Waals surface area contributed by atoms with E-state index in [1.165, 1.54) is 54.5 Å². The predicted octanol–water partition coefficient (Wildman–Crippen LogP) is 2.48. The standard InChI is InChI=1S/C18H23N3O/c22-18(19-8-11-21-9-3-10-21)13-6-7-17-15(12-13)14-4-1-2-5-16(14)20-17/h6-7,12,20H,1-5,8-11H2,(H,19,22). The number of nitrogens with zero attached hydrogens (tertiary/aromatic N) is 1. The molecule has 2 aliphatic rings. The molecule has 2 N–H and O–H groups in total. The number of nitrogens with one attached hydrogen (secondary N) is 2. The highest BCUT2D eigenvalue weighted by Crippen LogP contribution is 2.29. The normalized spacial score (nSPS) is 18.0. The highest BCUT2D eigenvalue weighted by molar-refractivity contribution is 5.99. The maximum Gasteiger partial charge on any atom is 0.251 e. The van der Waals surface area contributed by atoms with Gasteiger partial charge in [-0.05, 0) is 69.0 Å². The number of likely N-dealkylation sites (tertiary alicyclic amines) is 1. The summed E-state index contributed by atoms with van der Waals surface area (Å²) in [6, 6.07) is 6.05. The number of fused-ring (bicyclic) bond motifs is 3. The van der Waals surface area contributed by atoms with Crippen LogP contribution >= 0.6 is 0 Å². The first-order chi connectivity index (χ1) is 10.8. The summed E-state index contributed by atoms with van der Waals surface area (Å²) in [5, 5.41) is 4.29. The van der Waals surface area contributed by atoms with Crippen molar-refractivity contribution < 1.29 is 4.79 Å². The van der Waals surface area contributed by atoms with Crippen LogP contribution in [0.5, 0.6) is 0 Å². The van der Waals surface area contributed by atoms with E-state index in [4.69, 9.17) is 0 Å². The average Bonchev–Trinajstić information content (AvgIpc) is 2.87. The summed E-state index contributed by atoms with van der Waals surface area (Å²) in [5.41, 5.74) is 4.75. The summed E-state index contributed by atoms with van der Waals surface area (Å²) < 4.78 is 0. The Morgan fingerprint density at radius 2 is 2.05 bits per heavy atom. The maximum atomic E-state index is 12.3. The van der Waals surface area contributed by atoms with Gasteiger partial charge < -0.3 is 15.2 Å². The second kappa shape index (κ2) is 5.76. The number of rotatable bonds is 4. The van der Waals surface area contributed by atoms with Crippen LogP contribution in [0.25, 0.3) is 10.9 Å². The Hall–Kier alpha value is -1.81. The Labute approximate surface area is 130 Å². The van der Waals surface area contributed by atoms with Crippen molar-refractivity contribution in [1.82, 2.24) is 15.2 Å². The predicted molar refractivity (Wildman–Crippen MR) is 88.3 cm³/mol. The lowest BCUT2D eigenvalue weighted by molar-refractivity contribution is 0.0941. The fraction of sp³-hybridized carbons (Fsp3) is 0.500. The molecule has 0 radical (unpaired) electrons. The number of H-pyrrole nitrogens is 1. The van der Waals surface area contributed by atoms with Gasteiger partial charge in [0.15, 0.2) is 0 Å². The quantitative estimate of drug-likeness (QED) is 0.911. The summed E-state index contributed by atoms with van der Waals surface area (Å²) in [6.07, 6.45) is 6.09. The second-order valence-corrected chi connectivity index (χ2v) is 6.50. The number of carbonyl (C=O) groups is 1. The molecule has 0 unspecified atom stereocenters. The van der Waals surface area contributed by atoms with Gasteiger partial charge in [0, 0.05) is 35.2 Å². The van der Waals surface area contributed by atoms with Gasteiger partial charge in [-0.1, -0.05) is 0 Å². The number of benzene rings is 1. The lowest BCUT2D eigenvalue weighted by atomic mass is 9.95. The Kier molecular flexibility index (Phi) is 3.62. The highest BCUT2D eigenvalue weighted by Gasteiger charge is 2.17. The minimum Gasteiger partial charge on any atom is -0.358 e. The summed E-state index contributed by atoms with van der Waals surface area (Å²) in [6.45, 7) is 4.06. The van der Waals surface area contributed by atoms with Gasteiger partial charge in [0.1, 0.15) is 0 Å². The molecule has 0 atom stereocenters. The van der Waals surface area contributed by atoms with E-state index in [1.54, 1.807) is 0 Å². The zero-order valence-electron chi connectivity index (χ0n) is 13.0. The van der Waals surface area contributed by atoms with Gasteiger partial charge in [-0.2, -0.15) is 0 Å².